The highest BCUT2D eigenvalue weighted by Gasteiger charge is 2.29. The van der Waals surface area contributed by atoms with Gasteiger partial charge in [0, 0.05) is 17.6 Å². The molecule has 1 aromatic carbocycles. The second kappa shape index (κ2) is 6.37. The zero-order valence-electron chi connectivity index (χ0n) is 9.97. The molecule has 1 saturated carbocycles. The van der Waals surface area contributed by atoms with E-state index in [0.29, 0.717) is 5.92 Å². The van der Waals surface area contributed by atoms with Crippen molar-refractivity contribution >= 4 is 34.0 Å². The van der Waals surface area contributed by atoms with Crippen LogP contribution in [0.4, 0.5) is 4.39 Å². The van der Waals surface area contributed by atoms with Crippen molar-refractivity contribution in [2.24, 2.45) is 11.7 Å². The van der Waals surface area contributed by atoms with Crippen LogP contribution in [0.25, 0.3) is 0 Å². The molecule has 0 spiro atoms. The Morgan fingerprint density at radius 1 is 1.47 bits per heavy atom. The zero-order valence-corrected chi connectivity index (χ0v) is 12.4. The van der Waals surface area contributed by atoms with Crippen molar-refractivity contribution in [2.45, 2.75) is 23.8 Å². The van der Waals surface area contributed by atoms with E-state index in [2.05, 4.69) is 4.72 Å². The van der Waals surface area contributed by atoms with Crippen LogP contribution in [0.1, 0.15) is 12.8 Å². The maximum Gasteiger partial charge on any atom is 0.243 e. The highest BCUT2D eigenvalue weighted by atomic mass is 35.5. The molecule has 0 aromatic heterocycles. The average Bonchev–Trinajstić information content (AvgIpc) is 3.13. The molecule has 1 unspecified atom stereocenters. The summed E-state index contributed by atoms with van der Waals surface area (Å²) in [5.41, 5.74) is 5.79. The predicted molar refractivity (Wildman–Crippen MR) is 74.5 cm³/mol. The molecule has 1 fully saturated rings. The van der Waals surface area contributed by atoms with E-state index >= 15 is 0 Å². The normalized spacial score (nSPS) is 16.8. The fraction of sp³-hybridized carbons (Fsp3) is 0.455. The third-order valence-corrected chi connectivity index (χ3v) is 4.59. The Balaban J connectivity index is 0.00000180. The van der Waals surface area contributed by atoms with Crippen molar-refractivity contribution in [3.8, 4) is 0 Å². The third-order valence-electron chi connectivity index (χ3n) is 2.92. The van der Waals surface area contributed by atoms with Crippen LogP contribution in [0, 0.1) is 11.7 Å². The molecule has 0 bridgehead atoms. The second-order valence-electron chi connectivity index (χ2n) is 4.43. The molecular formula is C11H15Cl2FN2O2S. The zero-order chi connectivity index (χ0) is 13.3. The molecule has 0 saturated heterocycles. The Bertz CT molecular complexity index is 550. The summed E-state index contributed by atoms with van der Waals surface area (Å²) >= 11 is 5.66. The number of hydrogen-bond donors (Lipinski definition) is 2. The van der Waals surface area contributed by atoms with Crippen molar-refractivity contribution in [1.82, 2.24) is 4.72 Å². The molecule has 1 aliphatic carbocycles. The molecule has 2 rings (SSSR count). The molecule has 3 N–H and O–H groups in total. The summed E-state index contributed by atoms with van der Waals surface area (Å²) in [5.74, 6) is -0.455. The van der Waals surface area contributed by atoms with Crippen LogP contribution in [0.2, 0.25) is 5.02 Å². The number of hydrogen-bond acceptors (Lipinski definition) is 3. The van der Waals surface area contributed by atoms with E-state index in [1.807, 2.05) is 0 Å². The summed E-state index contributed by atoms with van der Waals surface area (Å²) in [6.45, 7) is 0.110. The van der Waals surface area contributed by atoms with Crippen LogP contribution in [0.3, 0.4) is 0 Å². The second-order valence-corrected chi connectivity index (χ2v) is 6.60. The smallest absolute Gasteiger partial charge is 0.243 e. The van der Waals surface area contributed by atoms with Crippen molar-refractivity contribution in [3.05, 3.63) is 29.0 Å². The Kier molecular flexibility index (Phi) is 5.58. The van der Waals surface area contributed by atoms with Gasteiger partial charge >= 0.3 is 0 Å². The van der Waals surface area contributed by atoms with Crippen molar-refractivity contribution in [1.29, 1.82) is 0 Å². The van der Waals surface area contributed by atoms with Crippen LogP contribution in [0.15, 0.2) is 23.1 Å². The summed E-state index contributed by atoms with van der Waals surface area (Å²) in [5, 5.41) is 0.170. The van der Waals surface area contributed by atoms with Gasteiger partial charge in [-0.2, -0.15) is 0 Å². The first-order valence-electron chi connectivity index (χ1n) is 5.60. The van der Waals surface area contributed by atoms with Gasteiger partial charge in [0.15, 0.2) is 0 Å². The maximum absolute atomic E-state index is 13.5. The van der Waals surface area contributed by atoms with E-state index in [1.165, 1.54) is 6.07 Å². The molecule has 0 radical (unpaired) electrons. The Morgan fingerprint density at radius 3 is 2.68 bits per heavy atom. The number of benzene rings is 1. The minimum atomic E-state index is -3.90. The summed E-state index contributed by atoms with van der Waals surface area (Å²) < 4.78 is 39.5. The quantitative estimate of drug-likeness (QED) is 0.867. The lowest BCUT2D eigenvalue weighted by Crippen LogP contribution is -2.38. The average molecular weight is 329 g/mol. The van der Waals surface area contributed by atoms with Crippen molar-refractivity contribution in [2.75, 3.05) is 6.54 Å². The van der Waals surface area contributed by atoms with Crippen LogP contribution in [0.5, 0.6) is 0 Å². The number of halogens is 3. The first kappa shape index (κ1) is 16.7. The third kappa shape index (κ3) is 4.29. The van der Waals surface area contributed by atoms with Gasteiger partial charge in [0.2, 0.25) is 10.0 Å². The minimum Gasteiger partial charge on any atom is -0.326 e. The molecule has 4 nitrogen and oxygen atoms in total. The summed E-state index contributed by atoms with van der Waals surface area (Å²) in [6, 6.07) is 3.19. The Hall–Kier alpha value is -0.400. The van der Waals surface area contributed by atoms with E-state index < -0.39 is 20.7 Å². The monoisotopic (exact) mass is 328 g/mol. The van der Waals surface area contributed by atoms with Crippen LogP contribution in [-0.4, -0.2) is 21.0 Å². The van der Waals surface area contributed by atoms with Crippen molar-refractivity contribution < 1.29 is 12.8 Å². The molecule has 1 aliphatic rings. The highest BCUT2D eigenvalue weighted by Crippen LogP contribution is 2.31. The Labute approximate surface area is 123 Å². The molecular weight excluding hydrogens is 314 g/mol. The van der Waals surface area contributed by atoms with Gasteiger partial charge in [0.1, 0.15) is 10.7 Å². The number of rotatable bonds is 5. The van der Waals surface area contributed by atoms with Gasteiger partial charge in [-0.25, -0.2) is 17.5 Å². The van der Waals surface area contributed by atoms with Gasteiger partial charge in [0.25, 0.3) is 0 Å². The first-order valence-corrected chi connectivity index (χ1v) is 7.46. The van der Waals surface area contributed by atoms with E-state index in [1.54, 1.807) is 0 Å². The molecule has 19 heavy (non-hydrogen) atoms. The molecule has 0 aliphatic heterocycles. The van der Waals surface area contributed by atoms with Gasteiger partial charge < -0.3 is 5.73 Å². The molecule has 108 valence electrons. The summed E-state index contributed by atoms with van der Waals surface area (Å²) in [6.07, 6.45) is 2.04. The van der Waals surface area contributed by atoms with Gasteiger partial charge in [0.05, 0.1) is 0 Å². The molecule has 1 atom stereocenters. The minimum absolute atomic E-state index is 0. The maximum atomic E-state index is 13.5. The number of nitrogens with one attached hydrogen (secondary N) is 1. The van der Waals surface area contributed by atoms with E-state index in [0.717, 1.165) is 25.0 Å². The highest BCUT2D eigenvalue weighted by molar-refractivity contribution is 7.89. The lowest BCUT2D eigenvalue weighted by atomic mass is 10.2. The summed E-state index contributed by atoms with van der Waals surface area (Å²) in [4.78, 5) is -0.446. The van der Waals surface area contributed by atoms with Crippen LogP contribution in [-0.2, 0) is 10.0 Å². The molecule has 1 aromatic rings. The number of nitrogens with two attached hydrogens (primary N) is 1. The standard InChI is InChI=1S/C11H14ClFN2O2S.ClH/c12-8-3-4-9(13)11(5-8)18(16,17)15-6-10(14)7-1-2-7;/h3-5,7,10,15H,1-2,6,14H2;1H. The SMILES string of the molecule is Cl.NC(CNS(=O)(=O)c1cc(Cl)ccc1F)C1CC1. The van der Waals surface area contributed by atoms with Crippen LogP contribution < -0.4 is 10.5 Å². The predicted octanol–water partition coefficient (Wildman–Crippen LogP) is 1.92. The van der Waals surface area contributed by atoms with Crippen LogP contribution >= 0.6 is 24.0 Å². The molecule has 0 heterocycles. The first-order chi connectivity index (χ1) is 8.40. The van der Waals surface area contributed by atoms with Gasteiger partial charge in [-0.3, -0.25) is 0 Å². The fourth-order valence-electron chi connectivity index (χ4n) is 1.66. The Morgan fingerprint density at radius 2 is 2.11 bits per heavy atom. The largest absolute Gasteiger partial charge is 0.326 e. The van der Waals surface area contributed by atoms with Crippen molar-refractivity contribution in [3.63, 3.8) is 0 Å². The number of sulfonamides is 1. The van der Waals surface area contributed by atoms with E-state index in [-0.39, 0.29) is 30.0 Å². The van der Waals surface area contributed by atoms with Gasteiger partial charge in [-0.05, 0) is 37.0 Å². The van der Waals surface area contributed by atoms with E-state index in [9.17, 15) is 12.8 Å². The van der Waals surface area contributed by atoms with Gasteiger partial charge in [-0.1, -0.05) is 11.6 Å². The topological polar surface area (TPSA) is 72.2 Å². The van der Waals surface area contributed by atoms with E-state index in [4.69, 9.17) is 17.3 Å². The summed E-state index contributed by atoms with van der Waals surface area (Å²) in [7, 11) is -3.90. The fourth-order valence-corrected chi connectivity index (χ4v) is 3.07. The molecule has 0 amide bonds. The molecule has 8 heteroatoms. The van der Waals surface area contributed by atoms with Gasteiger partial charge in [-0.15, -0.1) is 12.4 Å². The lowest BCUT2D eigenvalue weighted by Gasteiger charge is -2.12. The lowest BCUT2D eigenvalue weighted by molar-refractivity contribution is 0.536.